The summed E-state index contributed by atoms with van der Waals surface area (Å²) >= 11 is 0. The van der Waals surface area contributed by atoms with Gasteiger partial charge in [-0.2, -0.15) is 5.10 Å². The van der Waals surface area contributed by atoms with Gasteiger partial charge in [0.15, 0.2) is 11.6 Å². The van der Waals surface area contributed by atoms with Gasteiger partial charge in [0.25, 0.3) is 0 Å². The quantitative estimate of drug-likeness (QED) is 0.736. The summed E-state index contributed by atoms with van der Waals surface area (Å²) in [4.78, 5) is 4.26. The van der Waals surface area contributed by atoms with Gasteiger partial charge in [0.2, 0.25) is 0 Å². The van der Waals surface area contributed by atoms with Gasteiger partial charge in [0.1, 0.15) is 6.61 Å². The first-order valence-corrected chi connectivity index (χ1v) is 4.55. The van der Waals surface area contributed by atoms with Crippen molar-refractivity contribution >= 4 is 5.69 Å². The van der Waals surface area contributed by atoms with Crippen LogP contribution in [0.5, 0.6) is 0 Å². The SMILES string of the molecule is COCc1nc(-c2cccc(N)c2)n[nH]1. The van der Waals surface area contributed by atoms with Gasteiger partial charge in [-0.15, -0.1) is 0 Å². The molecule has 2 aromatic rings. The third kappa shape index (κ3) is 2.13. The lowest BCUT2D eigenvalue weighted by atomic mass is 10.2. The Kier molecular flexibility index (Phi) is 2.64. The standard InChI is InChI=1S/C10H12N4O/c1-15-6-9-12-10(14-13-9)7-3-2-4-8(11)5-7/h2-5H,6,11H2,1H3,(H,12,13,14). The Labute approximate surface area is 87.3 Å². The number of hydrogen-bond donors (Lipinski definition) is 2. The van der Waals surface area contributed by atoms with Crippen LogP contribution in [0.2, 0.25) is 0 Å². The highest BCUT2D eigenvalue weighted by Gasteiger charge is 2.05. The van der Waals surface area contributed by atoms with E-state index in [1.54, 1.807) is 7.11 Å². The summed E-state index contributed by atoms with van der Waals surface area (Å²) in [6.07, 6.45) is 0. The summed E-state index contributed by atoms with van der Waals surface area (Å²) in [5.74, 6) is 1.34. The largest absolute Gasteiger partial charge is 0.399 e. The lowest BCUT2D eigenvalue weighted by Gasteiger charge is -1.96. The van der Waals surface area contributed by atoms with Crippen LogP contribution in [0.15, 0.2) is 24.3 Å². The van der Waals surface area contributed by atoms with E-state index in [4.69, 9.17) is 10.5 Å². The molecule has 78 valence electrons. The van der Waals surface area contributed by atoms with Crippen LogP contribution in [0.25, 0.3) is 11.4 Å². The van der Waals surface area contributed by atoms with E-state index < -0.39 is 0 Å². The summed E-state index contributed by atoms with van der Waals surface area (Å²) in [7, 11) is 1.61. The van der Waals surface area contributed by atoms with E-state index in [2.05, 4.69) is 15.2 Å². The van der Waals surface area contributed by atoms with Gasteiger partial charge in [-0.25, -0.2) is 4.98 Å². The maximum Gasteiger partial charge on any atom is 0.181 e. The van der Waals surface area contributed by atoms with Gasteiger partial charge < -0.3 is 10.5 Å². The number of hydrogen-bond acceptors (Lipinski definition) is 4. The van der Waals surface area contributed by atoms with E-state index >= 15 is 0 Å². The molecule has 0 atom stereocenters. The van der Waals surface area contributed by atoms with Gasteiger partial charge in [-0.3, -0.25) is 5.10 Å². The number of nitrogen functional groups attached to an aromatic ring is 1. The van der Waals surface area contributed by atoms with Crippen LogP contribution >= 0.6 is 0 Å². The third-order valence-corrected chi connectivity index (χ3v) is 1.96. The number of nitrogens with one attached hydrogen (secondary N) is 1. The zero-order valence-electron chi connectivity index (χ0n) is 8.40. The average Bonchev–Trinajstić information content (AvgIpc) is 2.67. The molecule has 1 heterocycles. The Hall–Kier alpha value is -1.88. The fraction of sp³-hybridized carbons (Fsp3) is 0.200. The second-order valence-corrected chi connectivity index (χ2v) is 3.16. The molecule has 0 unspecified atom stereocenters. The highest BCUT2D eigenvalue weighted by atomic mass is 16.5. The molecule has 0 spiro atoms. The molecule has 15 heavy (non-hydrogen) atoms. The monoisotopic (exact) mass is 204 g/mol. The molecule has 1 aromatic heterocycles. The van der Waals surface area contributed by atoms with Gasteiger partial charge in [-0.05, 0) is 12.1 Å². The molecule has 0 bridgehead atoms. The van der Waals surface area contributed by atoms with Crippen molar-refractivity contribution in [2.45, 2.75) is 6.61 Å². The summed E-state index contributed by atoms with van der Waals surface area (Å²) in [6, 6.07) is 7.44. The second kappa shape index (κ2) is 4.10. The van der Waals surface area contributed by atoms with Crippen LogP contribution in [0.3, 0.4) is 0 Å². The molecule has 0 saturated carbocycles. The minimum absolute atomic E-state index is 0.426. The summed E-state index contributed by atoms with van der Waals surface area (Å²) < 4.78 is 4.94. The number of aromatic nitrogens is 3. The van der Waals surface area contributed by atoms with Crippen LogP contribution in [0.1, 0.15) is 5.82 Å². The van der Waals surface area contributed by atoms with Crippen LogP contribution < -0.4 is 5.73 Å². The van der Waals surface area contributed by atoms with Crippen molar-refractivity contribution in [3.05, 3.63) is 30.1 Å². The molecule has 0 aliphatic heterocycles. The predicted molar refractivity (Wildman–Crippen MR) is 56.9 cm³/mol. The Morgan fingerprint density at radius 1 is 1.47 bits per heavy atom. The maximum atomic E-state index is 5.67. The molecular weight excluding hydrogens is 192 g/mol. The summed E-state index contributed by atoms with van der Waals surface area (Å²) in [5, 5.41) is 6.87. The molecule has 0 amide bonds. The first kappa shape index (κ1) is 9.67. The Balaban J connectivity index is 2.29. The van der Waals surface area contributed by atoms with Gasteiger partial charge in [-0.1, -0.05) is 12.1 Å². The van der Waals surface area contributed by atoms with Crippen molar-refractivity contribution in [1.29, 1.82) is 0 Å². The van der Waals surface area contributed by atoms with E-state index in [0.717, 1.165) is 5.56 Å². The topological polar surface area (TPSA) is 76.8 Å². The van der Waals surface area contributed by atoms with Crippen LogP contribution in [-0.4, -0.2) is 22.3 Å². The molecule has 3 N–H and O–H groups in total. The van der Waals surface area contributed by atoms with Crippen molar-refractivity contribution in [1.82, 2.24) is 15.2 Å². The second-order valence-electron chi connectivity index (χ2n) is 3.16. The number of nitrogens with two attached hydrogens (primary N) is 1. The normalized spacial score (nSPS) is 10.5. The summed E-state index contributed by atoms with van der Waals surface area (Å²) in [5.41, 5.74) is 7.27. The zero-order valence-corrected chi connectivity index (χ0v) is 8.40. The number of benzene rings is 1. The maximum absolute atomic E-state index is 5.67. The smallest absolute Gasteiger partial charge is 0.181 e. The van der Waals surface area contributed by atoms with Gasteiger partial charge in [0.05, 0.1) is 0 Å². The minimum Gasteiger partial charge on any atom is -0.399 e. The van der Waals surface area contributed by atoms with Crippen LogP contribution in [-0.2, 0) is 11.3 Å². The first-order valence-electron chi connectivity index (χ1n) is 4.55. The van der Waals surface area contributed by atoms with Crippen molar-refractivity contribution in [2.24, 2.45) is 0 Å². The van der Waals surface area contributed by atoms with E-state index in [1.165, 1.54) is 0 Å². The number of methoxy groups -OCH3 is 1. The molecule has 5 nitrogen and oxygen atoms in total. The fourth-order valence-corrected chi connectivity index (χ4v) is 1.30. The van der Waals surface area contributed by atoms with Crippen LogP contribution in [0, 0.1) is 0 Å². The first-order chi connectivity index (χ1) is 7.29. The molecule has 2 rings (SSSR count). The van der Waals surface area contributed by atoms with E-state index in [9.17, 15) is 0 Å². The van der Waals surface area contributed by atoms with Crippen molar-refractivity contribution in [3.63, 3.8) is 0 Å². The molecule has 0 radical (unpaired) electrons. The number of aromatic amines is 1. The number of ether oxygens (including phenoxy) is 1. The Morgan fingerprint density at radius 3 is 3.07 bits per heavy atom. The Bertz CT molecular complexity index is 452. The number of anilines is 1. The molecule has 5 heteroatoms. The van der Waals surface area contributed by atoms with E-state index in [-0.39, 0.29) is 0 Å². The van der Waals surface area contributed by atoms with E-state index in [1.807, 2.05) is 24.3 Å². The lowest BCUT2D eigenvalue weighted by Crippen LogP contribution is -1.89. The third-order valence-electron chi connectivity index (χ3n) is 1.96. The lowest BCUT2D eigenvalue weighted by molar-refractivity contribution is 0.178. The molecule has 0 fully saturated rings. The van der Waals surface area contributed by atoms with Gasteiger partial charge >= 0.3 is 0 Å². The average molecular weight is 204 g/mol. The number of nitrogens with zero attached hydrogens (tertiary/aromatic N) is 2. The van der Waals surface area contributed by atoms with Crippen molar-refractivity contribution < 1.29 is 4.74 Å². The number of rotatable bonds is 3. The molecular formula is C10H12N4O. The highest BCUT2D eigenvalue weighted by molar-refractivity contribution is 5.60. The fourth-order valence-electron chi connectivity index (χ4n) is 1.30. The Morgan fingerprint density at radius 2 is 2.33 bits per heavy atom. The molecule has 0 saturated heterocycles. The van der Waals surface area contributed by atoms with Gasteiger partial charge in [0, 0.05) is 18.4 Å². The van der Waals surface area contributed by atoms with Crippen molar-refractivity contribution in [3.8, 4) is 11.4 Å². The molecule has 1 aromatic carbocycles. The van der Waals surface area contributed by atoms with E-state index in [0.29, 0.717) is 23.9 Å². The molecule has 0 aliphatic rings. The van der Waals surface area contributed by atoms with Crippen molar-refractivity contribution in [2.75, 3.05) is 12.8 Å². The minimum atomic E-state index is 0.426. The number of H-pyrrole nitrogens is 1. The summed E-state index contributed by atoms with van der Waals surface area (Å²) in [6.45, 7) is 0.426. The van der Waals surface area contributed by atoms with Crippen LogP contribution in [0.4, 0.5) is 5.69 Å². The zero-order chi connectivity index (χ0) is 10.7. The molecule has 0 aliphatic carbocycles. The predicted octanol–water partition coefficient (Wildman–Crippen LogP) is 1.20. The highest BCUT2D eigenvalue weighted by Crippen LogP contribution is 2.17.